The number of hydrogen-bond donors (Lipinski definition) is 1. The number of methoxy groups -OCH3 is 2. The van der Waals surface area contributed by atoms with Crippen LogP contribution in [0.4, 0.5) is 0 Å². The number of sulfonamides is 1. The summed E-state index contributed by atoms with van der Waals surface area (Å²) in [4.78, 5) is 0.305. The molecule has 1 N–H and O–H groups in total. The van der Waals surface area contributed by atoms with Crippen molar-refractivity contribution in [2.24, 2.45) is 0 Å². The Labute approximate surface area is 162 Å². The largest absolute Gasteiger partial charge is 0.497 e. The highest BCUT2D eigenvalue weighted by Gasteiger charge is 2.22. The zero-order valence-corrected chi connectivity index (χ0v) is 17.3. The summed E-state index contributed by atoms with van der Waals surface area (Å²) in [5.74, 6) is 1.51. The summed E-state index contributed by atoms with van der Waals surface area (Å²) in [6, 6.07) is 12.6. The lowest BCUT2D eigenvalue weighted by atomic mass is 10.1. The molecule has 2 aromatic carbocycles. The molecule has 0 aliphatic rings. The van der Waals surface area contributed by atoms with Crippen molar-refractivity contribution in [3.05, 3.63) is 53.6 Å². The van der Waals surface area contributed by atoms with Gasteiger partial charge in [-0.2, -0.15) is 4.31 Å². The molecule has 6 nitrogen and oxygen atoms in total. The topological polar surface area (TPSA) is 67.9 Å². The summed E-state index contributed by atoms with van der Waals surface area (Å²) < 4.78 is 37.0. The predicted octanol–water partition coefficient (Wildman–Crippen LogP) is 3.02. The smallest absolute Gasteiger partial charge is 0.243 e. The second-order valence-electron chi connectivity index (χ2n) is 6.54. The van der Waals surface area contributed by atoms with Crippen LogP contribution >= 0.6 is 0 Å². The van der Waals surface area contributed by atoms with E-state index < -0.39 is 10.0 Å². The van der Waals surface area contributed by atoms with Gasteiger partial charge in [0.1, 0.15) is 11.5 Å². The summed E-state index contributed by atoms with van der Waals surface area (Å²) in [5.41, 5.74) is 2.03. The number of hydrogen-bond acceptors (Lipinski definition) is 5. The lowest BCUT2D eigenvalue weighted by Crippen LogP contribution is -2.33. The molecular formula is C20H28N2O4S. The van der Waals surface area contributed by atoms with Gasteiger partial charge in [-0.3, -0.25) is 0 Å². The molecular weight excluding hydrogens is 364 g/mol. The first-order valence-corrected chi connectivity index (χ1v) is 10.2. The first-order chi connectivity index (χ1) is 12.8. The Kier molecular flexibility index (Phi) is 7.24. The van der Waals surface area contributed by atoms with Gasteiger partial charge < -0.3 is 14.8 Å². The van der Waals surface area contributed by atoms with E-state index in [1.165, 1.54) is 4.31 Å². The fourth-order valence-corrected chi connectivity index (χ4v) is 3.93. The molecule has 0 unspecified atom stereocenters. The van der Waals surface area contributed by atoms with E-state index in [4.69, 9.17) is 9.47 Å². The van der Waals surface area contributed by atoms with Crippen LogP contribution < -0.4 is 14.8 Å². The molecule has 0 aromatic heterocycles. The molecule has 0 radical (unpaired) electrons. The third kappa shape index (κ3) is 5.22. The molecule has 7 heteroatoms. The first-order valence-electron chi connectivity index (χ1n) is 8.78. The minimum Gasteiger partial charge on any atom is -0.497 e. The Hall–Kier alpha value is -2.09. The Morgan fingerprint density at radius 3 is 2.22 bits per heavy atom. The van der Waals surface area contributed by atoms with Gasteiger partial charge in [-0.15, -0.1) is 0 Å². The average Bonchev–Trinajstić information content (AvgIpc) is 2.67. The quantitative estimate of drug-likeness (QED) is 0.710. The number of nitrogens with zero attached hydrogens (tertiary/aromatic N) is 1. The van der Waals surface area contributed by atoms with Gasteiger partial charge in [-0.1, -0.05) is 18.2 Å². The molecule has 0 atom stereocenters. The lowest BCUT2D eigenvalue weighted by molar-refractivity contribution is 0.390. The second-order valence-corrected chi connectivity index (χ2v) is 8.54. The highest BCUT2D eigenvalue weighted by Crippen LogP contribution is 2.24. The lowest BCUT2D eigenvalue weighted by Gasteiger charge is -2.21. The second kappa shape index (κ2) is 9.21. The number of nitrogens with one attached hydrogen (secondary N) is 1. The molecule has 27 heavy (non-hydrogen) atoms. The van der Waals surface area contributed by atoms with Gasteiger partial charge in [0.25, 0.3) is 0 Å². The van der Waals surface area contributed by atoms with E-state index in [0.29, 0.717) is 18.0 Å². The minimum absolute atomic E-state index is 0.0872. The van der Waals surface area contributed by atoms with Crippen LogP contribution in [0.5, 0.6) is 11.5 Å². The summed E-state index contributed by atoms with van der Waals surface area (Å²) >= 11 is 0. The molecule has 0 aliphatic heterocycles. The zero-order chi connectivity index (χ0) is 20.0. The Balaban J connectivity index is 2.00. The van der Waals surface area contributed by atoms with E-state index in [2.05, 4.69) is 5.32 Å². The van der Waals surface area contributed by atoms with Crippen LogP contribution in [-0.2, 0) is 23.1 Å². The Morgan fingerprint density at radius 2 is 1.67 bits per heavy atom. The third-order valence-electron chi connectivity index (χ3n) is 4.47. The number of benzene rings is 2. The van der Waals surface area contributed by atoms with Crippen LogP contribution in [0.15, 0.2) is 47.4 Å². The van der Waals surface area contributed by atoms with Crippen LogP contribution in [0.2, 0.25) is 0 Å². The third-order valence-corrected chi connectivity index (χ3v) is 6.51. The van der Waals surface area contributed by atoms with Gasteiger partial charge >= 0.3 is 0 Å². The van der Waals surface area contributed by atoms with Crippen molar-refractivity contribution in [2.75, 3.05) is 21.3 Å². The van der Waals surface area contributed by atoms with Crippen LogP contribution in [0.25, 0.3) is 0 Å². The maximum Gasteiger partial charge on any atom is 0.243 e. The van der Waals surface area contributed by atoms with Crippen molar-refractivity contribution in [1.82, 2.24) is 9.62 Å². The summed E-state index contributed by atoms with van der Waals surface area (Å²) in [6.07, 6.45) is 0. The molecule has 2 aromatic rings. The maximum absolute atomic E-state index is 12.5. The molecule has 148 valence electrons. The molecule has 0 bridgehead atoms. The van der Waals surface area contributed by atoms with Crippen LogP contribution in [0, 0.1) is 0 Å². The minimum atomic E-state index is -3.45. The van der Waals surface area contributed by atoms with Gasteiger partial charge in [0.2, 0.25) is 10.0 Å². The average molecular weight is 393 g/mol. The van der Waals surface area contributed by atoms with Crippen molar-refractivity contribution in [2.45, 2.75) is 37.9 Å². The maximum atomic E-state index is 12.5. The summed E-state index contributed by atoms with van der Waals surface area (Å²) in [7, 11) is 1.40. The Bertz CT molecular complexity index is 849. The van der Waals surface area contributed by atoms with Gasteiger partial charge in [0.05, 0.1) is 19.1 Å². The van der Waals surface area contributed by atoms with E-state index >= 15 is 0 Å². The van der Waals surface area contributed by atoms with Gasteiger partial charge in [0.15, 0.2) is 0 Å². The van der Waals surface area contributed by atoms with Crippen molar-refractivity contribution < 1.29 is 17.9 Å². The molecule has 0 aliphatic carbocycles. The van der Waals surface area contributed by atoms with Gasteiger partial charge in [-0.25, -0.2) is 8.42 Å². The predicted molar refractivity (Wildman–Crippen MR) is 107 cm³/mol. The molecule has 0 amide bonds. The molecule has 0 saturated heterocycles. The Morgan fingerprint density at radius 1 is 1.00 bits per heavy atom. The van der Waals surface area contributed by atoms with E-state index in [0.717, 1.165) is 22.6 Å². The van der Waals surface area contributed by atoms with Crippen molar-refractivity contribution in [3.8, 4) is 11.5 Å². The van der Waals surface area contributed by atoms with Crippen LogP contribution in [-0.4, -0.2) is 40.0 Å². The van der Waals surface area contributed by atoms with E-state index in [-0.39, 0.29) is 6.04 Å². The number of ether oxygens (including phenoxy) is 2. The van der Waals surface area contributed by atoms with E-state index in [1.54, 1.807) is 33.4 Å². The SMILES string of the molecule is COc1ccc(CNCc2ccc(S(=O)(=O)N(C)C(C)C)cc2)c(OC)c1. The molecule has 0 fully saturated rings. The molecule has 0 heterocycles. The molecule has 2 rings (SSSR count). The van der Waals surface area contributed by atoms with E-state index in [1.807, 2.05) is 44.2 Å². The number of rotatable bonds is 9. The van der Waals surface area contributed by atoms with E-state index in [9.17, 15) is 8.42 Å². The first kappa shape index (κ1) is 21.2. The fraction of sp³-hybridized carbons (Fsp3) is 0.400. The van der Waals surface area contributed by atoms with Crippen LogP contribution in [0.3, 0.4) is 0 Å². The molecule has 0 saturated carbocycles. The zero-order valence-electron chi connectivity index (χ0n) is 16.5. The highest BCUT2D eigenvalue weighted by atomic mass is 32.2. The van der Waals surface area contributed by atoms with Gasteiger partial charge in [0, 0.05) is 37.8 Å². The monoisotopic (exact) mass is 392 g/mol. The van der Waals surface area contributed by atoms with Crippen molar-refractivity contribution in [1.29, 1.82) is 0 Å². The fourth-order valence-electron chi connectivity index (χ4n) is 2.56. The summed E-state index contributed by atoms with van der Waals surface area (Å²) in [5, 5.41) is 3.35. The van der Waals surface area contributed by atoms with Crippen molar-refractivity contribution in [3.63, 3.8) is 0 Å². The standard InChI is InChI=1S/C20H28N2O4S/c1-15(2)22(3)27(23,24)19-10-6-16(7-11-19)13-21-14-17-8-9-18(25-4)12-20(17)26-5/h6-12,15,21H,13-14H2,1-5H3. The highest BCUT2D eigenvalue weighted by molar-refractivity contribution is 7.89. The van der Waals surface area contributed by atoms with Crippen molar-refractivity contribution >= 4 is 10.0 Å². The summed E-state index contributed by atoms with van der Waals surface area (Å²) in [6.45, 7) is 4.95. The molecule has 0 spiro atoms. The normalized spacial score (nSPS) is 11.8. The van der Waals surface area contributed by atoms with Crippen LogP contribution in [0.1, 0.15) is 25.0 Å². The van der Waals surface area contributed by atoms with Gasteiger partial charge in [-0.05, 0) is 37.6 Å².